The molecule has 0 saturated carbocycles. The Balaban J connectivity index is 3.22. The molecule has 70 valence electrons. The number of hydrogen-bond acceptors (Lipinski definition) is 1. The molecule has 0 spiro atoms. The zero-order valence-electron chi connectivity index (χ0n) is 8.51. The molecule has 0 radical (unpaired) electrons. The van der Waals surface area contributed by atoms with Crippen LogP contribution in [0.1, 0.15) is 0 Å². The van der Waals surface area contributed by atoms with Gasteiger partial charge in [0.15, 0.2) is 0 Å². The lowest BCUT2D eigenvalue weighted by atomic mass is 10.4. The van der Waals surface area contributed by atoms with Crippen LogP contribution in [0.2, 0.25) is 0 Å². The molecule has 0 aromatic heterocycles. The lowest BCUT2D eigenvalue weighted by molar-refractivity contribution is -0.869. The van der Waals surface area contributed by atoms with E-state index in [1.54, 1.807) is 6.08 Å². The van der Waals surface area contributed by atoms with Gasteiger partial charge in [0, 0.05) is 13.1 Å². The molecule has 0 saturated heterocycles. The predicted molar refractivity (Wildman–Crippen MR) is 55.1 cm³/mol. The summed E-state index contributed by atoms with van der Waals surface area (Å²) in [5.74, 6) is 0. The smallest absolute Gasteiger partial charge is 0.0907 e. The molecule has 0 heterocycles. The number of nitrogens with zero attached hydrogens (tertiary/aromatic N) is 1. The van der Waals surface area contributed by atoms with Gasteiger partial charge < -0.3 is 9.80 Å². The van der Waals surface area contributed by atoms with Crippen molar-refractivity contribution in [2.24, 2.45) is 0 Å². The highest BCUT2D eigenvalue weighted by Crippen LogP contribution is 1.85. The Bertz CT molecular complexity index is 142. The van der Waals surface area contributed by atoms with E-state index in [0.29, 0.717) is 0 Å². The van der Waals surface area contributed by atoms with Gasteiger partial charge >= 0.3 is 0 Å². The zero-order valence-corrected chi connectivity index (χ0v) is 8.51. The summed E-state index contributed by atoms with van der Waals surface area (Å²) < 4.78 is 1.01. The van der Waals surface area contributed by atoms with Crippen molar-refractivity contribution in [3.8, 4) is 0 Å². The van der Waals surface area contributed by atoms with Gasteiger partial charge in [-0.1, -0.05) is 24.8 Å². The first kappa shape index (κ1) is 11.4. The van der Waals surface area contributed by atoms with E-state index in [-0.39, 0.29) is 0 Å². The number of hydrogen-bond donors (Lipinski definition) is 1. The molecular formula is C10H21N2+. The fraction of sp³-hybridized carbons (Fsp3) is 0.600. The summed E-state index contributed by atoms with van der Waals surface area (Å²) in [6.07, 6.45) is 5.82. The minimum Gasteiger partial charge on any atom is -0.330 e. The topological polar surface area (TPSA) is 12.0 Å². The predicted octanol–water partition coefficient (Wildman–Crippen LogP) is 1.02. The summed E-state index contributed by atoms with van der Waals surface area (Å²) in [6.45, 7) is 6.75. The molecule has 0 aromatic rings. The first-order valence-corrected chi connectivity index (χ1v) is 4.35. The van der Waals surface area contributed by atoms with Crippen molar-refractivity contribution >= 4 is 0 Å². The molecule has 0 atom stereocenters. The summed E-state index contributed by atoms with van der Waals surface area (Å²) in [6, 6.07) is 0. The van der Waals surface area contributed by atoms with E-state index in [9.17, 15) is 0 Å². The number of rotatable bonds is 6. The van der Waals surface area contributed by atoms with Gasteiger partial charge in [0.2, 0.25) is 0 Å². The minimum atomic E-state index is 0.937. The van der Waals surface area contributed by atoms with Crippen molar-refractivity contribution in [3.63, 3.8) is 0 Å². The largest absolute Gasteiger partial charge is 0.330 e. The van der Waals surface area contributed by atoms with E-state index >= 15 is 0 Å². The van der Waals surface area contributed by atoms with Crippen molar-refractivity contribution in [2.45, 2.75) is 0 Å². The lowest BCUT2D eigenvalue weighted by Gasteiger charge is -2.23. The third-order valence-corrected chi connectivity index (χ3v) is 1.49. The van der Waals surface area contributed by atoms with Gasteiger partial charge in [-0.3, -0.25) is 0 Å². The molecular weight excluding hydrogens is 148 g/mol. The van der Waals surface area contributed by atoms with Crippen LogP contribution in [0.3, 0.4) is 0 Å². The van der Waals surface area contributed by atoms with Crippen LogP contribution in [0.4, 0.5) is 0 Å². The van der Waals surface area contributed by atoms with E-state index in [4.69, 9.17) is 0 Å². The molecule has 0 rings (SSSR count). The highest BCUT2D eigenvalue weighted by Gasteiger charge is 2.03. The summed E-state index contributed by atoms with van der Waals surface area (Å²) in [5.41, 5.74) is 0. The summed E-state index contributed by atoms with van der Waals surface area (Å²) >= 11 is 0. The zero-order chi connectivity index (χ0) is 9.45. The van der Waals surface area contributed by atoms with Gasteiger partial charge in [0.25, 0.3) is 0 Å². The summed E-state index contributed by atoms with van der Waals surface area (Å²) in [4.78, 5) is 0. The maximum atomic E-state index is 3.60. The fourth-order valence-corrected chi connectivity index (χ4v) is 0.764. The molecule has 0 fully saturated rings. The Morgan fingerprint density at radius 3 is 2.50 bits per heavy atom. The van der Waals surface area contributed by atoms with Crippen molar-refractivity contribution in [1.29, 1.82) is 0 Å². The Morgan fingerprint density at radius 1 is 1.33 bits per heavy atom. The molecule has 0 aliphatic carbocycles. The van der Waals surface area contributed by atoms with Gasteiger partial charge in [-0.2, -0.15) is 0 Å². The van der Waals surface area contributed by atoms with Crippen LogP contribution in [-0.2, 0) is 0 Å². The quantitative estimate of drug-likeness (QED) is 0.356. The van der Waals surface area contributed by atoms with E-state index in [1.165, 1.54) is 0 Å². The van der Waals surface area contributed by atoms with Crippen LogP contribution in [0, 0.1) is 0 Å². The highest BCUT2D eigenvalue weighted by molar-refractivity contribution is 4.97. The Kier molecular flexibility index (Phi) is 5.68. The second kappa shape index (κ2) is 5.98. The van der Waals surface area contributed by atoms with Gasteiger partial charge in [-0.25, -0.2) is 0 Å². The Morgan fingerprint density at radius 2 is 2.00 bits per heavy atom. The van der Waals surface area contributed by atoms with Crippen LogP contribution in [0.15, 0.2) is 24.8 Å². The molecule has 0 aliphatic rings. The Labute approximate surface area is 76.2 Å². The monoisotopic (exact) mass is 169 g/mol. The third kappa shape index (κ3) is 9.40. The molecule has 0 aromatic carbocycles. The van der Waals surface area contributed by atoms with E-state index < -0.39 is 0 Å². The van der Waals surface area contributed by atoms with E-state index in [0.717, 1.165) is 24.1 Å². The standard InChI is InChI=1S/C10H21N2/c1-5-6-7-8-11-9-10-12(2,3)4/h5-7,11H,1,8-10H2,2-4H3/q+1. The van der Waals surface area contributed by atoms with Crippen LogP contribution in [0.5, 0.6) is 0 Å². The number of allylic oxidation sites excluding steroid dienone is 2. The van der Waals surface area contributed by atoms with Crippen LogP contribution >= 0.6 is 0 Å². The average molecular weight is 169 g/mol. The van der Waals surface area contributed by atoms with Crippen molar-refractivity contribution in [1.82, 2.24) is 5.32 Å². The SMILES string of the molecule is C=CC=CCNCC[N+](C)(C)C. The maximum absolute atomic E-state index is 3.60. The van der Waals surface area contributed by atoms with Gasteiger partial charge in [-0.05, 0) is 0 Å². The second-order valence-electron chi connectivity index (χ2n) is 3.88. The fourth-order valence-electron chi connectivity index (χ4n) is 0.764. The molecule has 0 unspecified atom stereocenters. The summed E-state index contributed by atoms with van der Waals surface area (Å²) in [5, 5.41) is 3.33. The van der Waals surface area contributed by atoms with E-state index in [2.05, 4.69) is 39.1 Å². The normalized spacial score (nSPS) is 12.2. The average Bonchev–Trinajstić information content (AvgIpc) is 1.94. The van der Waals surface area contributed by atoms with Crippen LogP contribution in [-0.4, -0.2) is 45.3 Å². The first-order chi connectivity index (χ1) is 5.56. The third-order valence-electron chi connectivity index (χ3n) is 1.49. The molecule has 1 N–H and O–H groups in total. The molecule has 12 heavy (non-hydrogen) atoms. The molecule has 0 amide bonds. The van der Waals surface area contributed by atoms with Crippen LogP contribution in [0.25, 0.3) is 0 Å². The maximum Gasteiger partial charge on any atom is 0.0907 e. The number of quaternary nitrogens is 1. The van der Waals surface area contributed by atoms with Crippen molar-refractivity contribution < 1.29 is 4.48 Å². The van der Waals surface area contributed by atoms with Gasteiger partial charge in [0.05, 0.1) is 27.7 Å². The van der Waals surface area contributed by atoms with Gasteiger partial charge in [0.1, 0.15) is 0 Å². The Hall–Kier alpha value is -0.600. The van der Waals surface area contributed by atoms with Crippen molar-refractivity contribution in [2.75, 3.05) is 40.8 Å². The van der Waals surface area contributed by atoms with Crippen LogP contribution < -0.4 is 5.32 Å². The second-order valence-corrected chi connectivity index (χ2v) is 3.88. The first-order valence-electron chi connectivity index (χ1n) is 4.35. The summed E-state index contributed by atoms with van der Waals surface area (Å²) in [7, 11) is 6.59. The number of likely N-dealkylation sites (N-methyl/N-ethyl adjacent to an activating group) is 1. The molecule has 2 heteroatoms. The van der Waals surface area contributed by atoms with E-state index in [1.807, 2.05) is 6.08 Å². The molecule has 2 nitrogen and oxygen atoms in total. The lowest BCUT2D eigenvalue weighted by Crippen LogP contribution is -2.40. The number of nitrogens with one attached hydrogen (secondary N) is 1. The molecule has 0 aliphatic heterocycles. The molecule has 0 bridgehead atoms. The van der Waals surface area contributed by atoms with Crippen molar-refractivity contribution in [3.05, 3.63) is 24.8 Å². The minimum absolute atomic E-state index is 0.937. The highest BCUT2D eigenvalue weighted by atomic mass is 15.3. The van der Waals surface area contributed by atoms with Gasteiger partial charge in [-0.15, -0.1) is 0 Å².